The SMILES string of the molecule is Cc1c(CNC(=O)[C@@H]2C=CCN2C(=O)[C@@H](CC2CCCCC2)NCC(=O)O)sc(C(=N)N)c1C. The third-order valence-corrected chi connectivity index (χ3v) is 8.24. The summed E-state index contributed by atoms with van der Waals surface area (Å²) >= 11 is 1.39. The van der Waals surface area contributed by atoms with Gasteiger partial charge in [-0.3, -0.25) is 25.1 Å². The first kappa shape index (κ1) is 25.9. The van der Waals surface area contributed by atoms with Crippen LogP contribution in [0, 0.1) is 25.2 Å². The number of aliphatic carboxylic acids is 1. The van der Waals surface area contributed by atoms with Gasteiger partial charge in [0.1, 0.15) is 11.9 Å². The van der Waals surface area contributed by atoms with Crippen LogP contribution in [0.15, 0.2) is 12.2 Å². The zero-order valence-corrected chi connectivity index (χ0v) is 20.7. The van der Waals surface area contributed by atoms with Gasteiger partial charge in [-0.15, -0.1) is 11.3 Å². The van der Waals surface area contributed by atoms with Crippen LogP contribution in [0.1, 0.15) is 59.4 Å². The number of amidine groups is 1. The average molecular weight is 490 g/mol. The van der Waals surface area contributed by atoms with Crippen LogP contribution < -0.4 is 16.4 Å². The molecule has 0 bridgehead atoms. The van der Waals surface area contributed by atoms with Gasteiger partial charge in [-0.2, -0.15) is 0 Å². The molecule has 0 radical (unpaired) electrons. The predicted octanol–water partition coefficient (Wildman–Crippen LogP) is 2.05. The highest BCUT2D eigenvalue weighted by Crippen LogP contribution is 2.29. The van der Waals surface area contributed by atoms with E-state index in [9.17, 15) is 14.4 Å². The fourth-order valence-corrected chi connectivity index (χ4v) is 5.88. The Labute approximate surface area is 204 Å². The molecule has 2 atom stereocenters. The largest absolute Gasteiger partial charge is 0.480 e. The van der Waals surface area contributed by atoms with Gasteiger partial charge in [0, 0.05) is 11.4 Å². The summed E-state index contributed by atoms with van der Waals surface area (Å²) in [5, 5.41) is 22.7. The van der Waals surface area contributed by atoms with Gasteiger partial charge >= 0.3 is 5.97 Å². The van der Waals surface area contributed by atoms with Crippen molar-refractivity contribution in [3.8, 4) is 0 Å². The third-order valence-electron chi connectivity index (χ3n) is 6.81. The van der Waals surface area contributed by atoms with Gasteiger partial charge in [-0.1, -0.05) is 44.3 Å². The van der Waals surface area contributed by atoms with Crippen molar-refractivity contribution in [3.63, 3.8) is 0 Å². The van der Waals surface area contributed by atoms with Crippen LogP contribution in [0.4, 0.5) is 0 Å². The molecule has 186 valence electrons. The second-order valence-electron chi connectivity index (χ2n) is 9.17. The summed E-state index contributed by atoms with van der Waals surface area (Å²) < 4.78 is 0. The zero-order chi connectivity index (χ0) is 24.8. The summed E-state index contributed by atoms with van der Waals surface area (Å²) in [6.45, 7) is 4.16. The van der Waals surface area contributed by atoms with E-state index >= 15 is 0 Å². The Morgan fingerprint density at radius 3 is 2.56 bits per heavy atom. The van der Waals surface area contributed by atoms with Crippen molar-refractivity contribution in [2.45, 2.75) is 71.0 Å². The molecule has 9 nitrogen and oxygen atoms in total. The molecule has 1 aromatic rings. The maximum Gasteiger partial charge on any atom is 0.317 e. The van der Waals surface area contributed by atoms with Crippen LogP contribution in [0.5, 0.6) is 0 Å². The van der Waals surface area contributed by atoms with Crippen LogP contribution in [0.25, 0.3) is 0 Å². The van der Waals surface area contributed by atoms with Crippen molar-refractivity contribution >= 4 is 35.0 Å². The molecule has 1 aromatic heterocycles. The number of hydrogen-bond donors (Lipinski definition) is 5. The zero-order valence-electron chi connectivity index (χ0n) is 19.9. The molecule has 2 heterocycles. The number of carbonyl (C=O) groups excluding carboxylic acids is 2. The Bertz CT molecular complexity index is 967. The topological polar surface area (TPSA) is 149 Å². The number of hydrogen-bond acceptors (Lipinski definition) is 6. The Morgan fingerprint density at radius 2 is 1.94 bits per heavy atom. The minimum absolute atomic E-state index is 0.0107. The molecular weight excluding hydrogens is 454 g/mol. The molecule has 2 amide bonds. The van der Waals surface area contributed by atoms with Crippen molar-refractivity contribution in [2.24, 2.45) is 11.7 Å². The molecule has 1 aliphatic heterocycles. The summed E-state index contributed by atoms with van der Waals surface area (Å²) in [5.41, 5.74) is 7.59. The van der Waals surface area contributed by atoms with E-state index in [-0.39, 0.29) is 24.2 Å². The number of nitrogens with one attached hydrogen (secondary N) is 3. The Kier molecular flexibility index (Phi) is 8.84. The van der Waals surface area contributed by atoms with Crippen molar-refractivity contribution in [2.75, 3.05) is 13.1 Å². The summed E-state index contributed by atoms with van der Waals surface area (Å²) in [6.07, 6.45) is 9.65. The lowest BCUT2D eigenvalue weighted by atomic mass is 9.84. The number of rotatable bonds is 10. The monoisotopic (exact) mass is 489 g/mol. The number of nitrogens with zero attached hydrogens (tertiary/aromatic N) is 1. The number of carbonyl (C=O) groups is 3. The van der Waals surface area contributed by atoms with E-state index < -0.39 is 18.1 Å². The van der Waals surface area contributed by atoms with E-state index in [0.29, 0.717) is 30.3 Å². The fourth-order valence-electron chi connectivity index (χ4n) is 4.77. The minimum Gasteiger partial charge on any atom is -0.480 e. The first-order chi connectivity index (χ1) is 16.2. The van der Waals surface area contributed by atoms with Gasteiger partial charge in [0.25, 0.3) is 0 Å². The van der Waals surface area contributed by atoms with Gasteiger partial charge in [0.15, 0.2) is 0 Å². The highest BCUT2D eigenvalue weighted by atomic mass is 32.1. The molecule has 1 fully saturated rings. The Morgan fingerprint density at radius 1 is 1.24 bits per heavy atom. The Hall–Kier alpha value is -2.72. The van der Waals surface area contributed by atoms with E-state index in [1.807, 2.05) is 13.8 Å². The van der Waals surface area contributed by atoms with E-state index in [1.54, 1.807) is 12.2 Å². The average Bonchev–Trinajstić information content (AvgIpc) is 3.41. The number of thiophene rings is 1. The van der Waals surface area contributed by atoms with Crippen LogP contribution in [0.2, 0.25) is 0 Å². The molecule has 1 saturated carbocycles. The highest BCUT2D eigenvalue weighted by molar-refractivity contribution is 7.14. The first-order valence-corrected chi connectivity index (χ1v) is 12.6. The van der Waals surface area contributed by atoms with Crippen molar-refractivity contribution in [3.05, 3.63) is 33.0 Å². The molecular formula is C24H35N5O4S. The lowest BCUT2D eigenvalue weighted by molar-refractivity contribution is -0.140. The van der Waals surface area contributed by atoms with E-state index in [4.69, 9.17) is 16.2 Å². The molecule has 10 heteroatoms. The Balaban J connectivity index is 1.66. The number of carboxylic acids is 1. The van der Waals surface area contributed by atoms with Gasteiger partial charge in [0.05, 0.1) is 24.0 Å². The molecule has 0 unspecified atom stereocenters. The third kappa shape index (κ3) is 6.24. The van der Waals surface area contributed by atoms with Crippen LogP contribution in [-0.2, 0) is 20.9 Å². The molecule has 0 aromatic carbocycles. The minimum atomic E-state index is -1.01. The van der Waals surface area contributed by atoms with Crippen molar-refractivity contribution < 1.29 is 19.5 Å². The molecule has 1 aliphatic carbocycles. The normalized spacial score (nSPS) is 19.2. The molecule has 0 spiro atoms. The molecule has 2 aliphatic rings. The second kappa shape index (κ2) is 11.6. The molecule has 0 saturated heterocycles. The van der Waals surface area contributed by atoms with Gasteiger partial charge in [-0.05, 0) is 37.3 Å². The quantitative estimate of drug-likeness (QED) is 0.193. The second-order valence-corrected chi connectivity index (χ2v) is 10.3. The predicted molar refractivity (Wildman–Crippen MR) is 132 cm³/mol. The highest BCUT2D eigenvalue weighted by Gasteiger charge is 2.35. The van der Waals surface area contributed by atoms with Crippen molar-refractivity contribution in [1.29, 1.82) is 5.41 Å². The van der Waals surface area contributed by atoms with Crippen LogP contribution in [0.3, 0.4) is 0 Å². The van der Waals surface area contributed by atoms with E-state index in [2.05, 4.69) is 10.6 Å². The lowest BCUT2D eigenvalue weighted by Crippen LogP contribution is -2.53. The summed E-state index contributed by atoms with van der Waals surface area (Å²) in [5.74, 6) is -1.14. The number of carboxylic acid groups (broad SMARTS) is 1. The molecule has 6 N–H and O–H groups in total. The van der Waals surface area contributed by atoms with E-state index in [0.717, 1.165) is 41.7 Å². The number of nitrogen functional groups attached to an aromatic ring is 1. The van der Waals surface area contributed by atoms with Gasteiger partial charge in [0.2, 0.25) is 11.8 Å². The number of nitrogens with two attached hydrogens (primary N) is 1. The van der Waals surface area contributed by atoms with Crippen LogP contribution in [-0.4, -0.2) is 58.8 Å². The molecule has 34 heavy (non-hydrogen) atoms. The standard InChI is InChI=1S/C24H35N5O4S/c1-14-15(2)21(22(25)26)34-19(14)12-28-23(32)18-9-6-10-29(18)24(33)17(27-13-20(30)31)11-16-7-4-3-5-8-16/h6,9,16-18,27H,3-5,7-8,10-13H2,1-2H3,(H3,25,26)(H,28,32)(H,30,31)/t17-,18+/m1/s1. The van der Waals surface area contributed by atoms with Crippen LogP contribution >= 0.6 is 11.3 Å². The smallest absolute Gasteiger partial charge is 0.317 e. The first-order valence-electron chi connectivity index (χ1n) is 11.8. The van der Waals surface area contributed by atoms with E-state index in [1.165, 1.54) is 22.7 Å². The fraction of sp³-hybridized carbons (Fsp3) is 0.583. The van der Waals surface area contributed by atoms with Gasteiger partial charge in [-0.25, -0.2) is 0 Å². The molecule has 3 rings (SSSR count). The number of amides is 2. The maximum atomic E-state index is 13.4. The lowest BCUT2D eigenvalue weighted by Gasteiger charge is -2.31. The van der Waals surface area contributed by atoms with Gasteiger partial charge < -0.3 is 21.1 Å². The maximum absolute atomic E-state index is 13.4. The van der Waals surface area contributed by atoms with Crippen molar-refractivity contribution in [1.82, 2.24) is 15.5 Å². The summed E-state index contributed by atoms with van der Waals surface area (Å²) in [7, 11) is 0. The summed E-state index contributed by atoms with van der Waals surface area (Å²) in [6, 6.07) is -1.36. The summed E-state index contributed by atoms with van der Waals surface area (Å²) in [4.78, 5) is 40.7.